The third kappa shape index (κ3) is 3.61. The number of carbonyl (C=O) groups is 1. The highest BCUT2D eigenvalue weighted by Crippen LogP contribution is 2.27. The van der Waals surface area contributed by atoms with Gasteiger partial charge in [0.15, 0.2) is 6.10 Å². The van der Waals surface area contributed by atoms with Gasteiger partial charge in [0.25, 0.3) is 5.89 Å². The number of esters is 1. The molecule has 0 bridgehead atoms. The number of ether oxygens (including phenoxy) is 1. The topological polar surface area (TPSA) is 78.1 Å². The molecule has 2 heterocycles. The van der Waals surface area contributed by atoms with Crippen LogP contribution in [0.3, 0.4) is 0 Å². The van der Waals surface area contributed by atoms with Crippen LogP contribution in [0.15, 0.2) is 59.0 Å². The smallest absolute Gasteiger partial charge is 0.339 e. The van der Waals surface area contributed by atoms with Gasteiger partial charge in [-0.05, 0) is 44.0 Å². The van der Waals surface area contributed by atoms with Crippen molar-refractivity contribution in [2.24, 2.45) is 0 Å². The molecule has 29 heavy (non-hydrogen) atoms. The fourth-order valence-electron chi connectivity index (χ4n) is 3.33. The highest BCUT2D eigenvalue weighted by atomic mass is 16.6. The van der Waals surface area contributed by atoms with Crippen molar-refractivity contribution in [1.82, 2.24) is 15.2 Å². The predicted octanol–water partition coefficient (Wildman–Crippen LogP) is 5.07. The summed E-state index contributed by atoms with van der Waals surface area (Å²) in [7, 11) is 0. The number of fused-ring (bicyclic) bond motifs is 1. The molecular formula is C23H21N3O3. The Labute approximate surface area is 168 Å². The number of carbonyl (C=O) groups excluding carboxylic acids is 1. The summed E-state index contributed by atoms with van der Waals surface area (Å²) >= 11 is 0. The van der Waals surface area contributed by atoms with Crippen molar-refractivity contribution in [3.05, 3.63) is 77.3 Å². The molecule has 0 amide bonds. The van der Waals surface area contributed by atoms with E-state index in [9.17, 15) is 4.79 Å². The number of benzene rings is 2. The highest BCUT2D eigenvalue weighted by molar-refractivity contribution is 6.05. The highest BCUT2D eigenvalue weighted by Gasteiger charge is 2.24. The summed E-state index contributed by atoms with van der Waals surface area (Å²) in [6, 6.07) is 17.0. The Morgan fingerprint density at radius 2 is 1.79 bits per heavy atom. The summed E-state index contributed by atoms with van der Waals surface area (Å²) in [6.45, 7) is 5.64. The number of nitrogens with zero attached hydrogens (tertiary/aromatic N) is 3. The molecule has 4 aromatic rings. The molecule has 146 valence electrons. The van der Waals surface area contributed by atoms with Crippen molar-refractivity contribution in [2.75, 3.05) is 0 Å². The molecule has 0 radical (unpaired) electrons. The average molecular weight is 387 g/mol. The SMILES string of the molecule is CCc1nc2ccccc2c(C(=O)O[C@@H](C)c2nnc(-c3ccccc3)o2)c1C. The summed E-state index contributed by atoms with van der Waals surface area (Å²) in [6.07, 6.45) is 0.0558. The van der Waals surface area contributed by atoms with E-state index < -0.39 is 12.1 Å². The molecule has 6 nitrogen and oxygen atoms in total. The molecule has 6 heteroatoms. The molecule has 0 spiro atoms. The Bertz CT molecular complexity index is 1170. The van der Waals surface area contributed by atoms with Crippen molar-refractivity contribution < 1.29 is 13.9 Å². The Morgan fingerprint density at radius 3 is 2.55 bits per heavy atom. The first kappa shape index (κ1) is 18.8. The van der Waals surface area contributed by atoms with Gasteiger partial charge in [0.05, 0.1) is 11.1 Å². The lowest BCUT2D eigenvalue weighted by Crippen LogP contribution is -2.13. The number of hydrogen-bond acceptors (Lipinski definition) is 6. The molecule has 4 rings (SSSR count). The van der Waals surface area contributed by atoms with Crippen LogP contribution in [-0.2, 0) is 11.2 Å². The van der Waals surface area contributed by atoms with E-state index in [1.165, 1.54) is 0 Å². The molecule has 2 aromatic heterocycles. The van der Waals surface area contributed by atoms with Crippen LogP contribution < -0.4 is 0 Å². The van der Waals surface area contributed by atoms with E-state index in [-0.39, 0.29) is 5.89 Å². The quantitative estimate of drug-likeness (QED) is 0.445. The zero-order chi connectivity index (χ0) is 20.4. The molecule has 1 atom stereocenters. The lowest BCUT2D eigenvalue weighted by Gasteiger charge is -2.15. The average Bonchev–Trinajstić information content (AvgIpc) is 3.24. The molecule has 0 aliphatic rings. The van der Waals surface area contributed by atoms with Gasteiger partial charge in [0.1, 0.15) is 0 Å². The number of aryl methyl sites for hydroxylation is 1. The van der Waals surface area contributed by atoms with Gasteiger partial charge in [0, 0.05) is 16.6 Å². The number of para-hydroxylation sites is 1. The van der Waals surface area contributed by atoms with Crippen LogP contribution in [0.2, 0.25) is 0 Å². The van der Waals surface area contributed by atoms with Crippen molar-refractivity contribution in [3.8, 4) is 11.5 Å². The lowest BCUT2D eigenvalue weighted by atomic mass is 10.0. The maximum absolute atomic E-state index is 13.1. The van der Waals surface area contributed by atoms with Crippen LogP contribution in [0.5, 0.6) is 0 Å². The maximum Gasteiger partial charge on any atom is 0.339 e. The monoisotopic (exact) mass is 387 g/mol. The number of hydrogen-bond donors (Lipinski definition) is 0. The first-order valence-corrected chi connectivity index (χ1v) is 9.56. The minimum absolute atomic E-state index is 0.254. The second kappa shape index (κ2) is 7.83. The lowest BCUT2D eigenvalue weighted by molar-refractivity contribution is 0.0281. The van der Waals surface area contributed by atoms with Crippen LogP contribution >= 0.6 is 0 Å². The van der Waals surface area contributed by atoms with Crippen molar-refractivity contribution >= 4 is 16.9 Å². The van der Waals surface area contributed by atoms with E-state index in [0.29, 0.717) is 11.5 Å². The van der Waals surface area contributed by atoms with E-state index in [1.54, 1.807) is 6.92 Å². The molecule has 0 N–H and O–H groups in total. The molecule has 0 fully saturated rings. The molecular weight excluding hydrogens is 366 g/mol. The summed E-state index contributed by atoms with van der Waals surface area (Å²) in [4.78, 5) is 17.7. The first-order valence-electron chi connectivity index (χ1n) is 9.56. The Morgan fingerprint density at radius 1 is 1.07 bits per heavy atom. The Hall–Kier alpha value is -3.54. The number of aromatic nitrogens is 3. The zero-order valence-electron chi connectivity index (χ0n) is 16.5. The fraction of sp³-hybridized carbons (Fsp3) is 0.217. The summed E-state index contributed by atoms with van der Waals surface area (Å²) in [5.74, 6) is 0.217. The van der Waals surface area contributed by atoms with E-state index >= 15 is 0 Å². The zero-order valence-corrected chi connectivity index (χ0v) is 16.5. The van der Waals surface area contributed by atoms with Crippen LogP contribution in [-0.4, -0.2) is 21.2 Å². The van der Waals surface area contributed by atoms with Crippen LogP contribution in [0.25, 0.3) is 22.4 Å². The maximum atomic E-state index is 13.1. The van der Waals surface area contributed by atoms with Crippen molar-refractivity contribution in [3.63, 3.8) is 0 Å². The minimum Gasteiger partial charge on any atom is -0.449 e. The Kier molecular flexibility index (Phi) is 5.08. The predicted molar refractivity (Wildman–Crippen MR) is 109 cm³/mol. The standard InChI is InChI=1S/C23H21N3O3/c1-4-18-14(2)20(17-12-8-9-13-19(17)24-18)23(27)28-15(3)21-25-26-22(29-21)16-10-6-5-7-11-16/h5-13,15H,4H2,1-3H3/t15-/m0/s1. The Balaban J connectivity index is 1.63. The van der Waals surface area contributed by atoms with Crippen LogP contribution in [0, 0.1) is 6.92 Å². The van der Waals surface area contributed by atoms with Crippen molar-refractivity contribution in [1.29, 1.82) is 0 Å². The minimum atomic E-state index is -0.677. The van der Waals surface area contributed by atoms with Crippen molar-refractivity contribution in [2.45, 2.75) is 33.3 Å². The van der Waals surface area contributed by atoms with Gasteiger partial charge in [-0.1, -0.05) is 43.3 Å². The molecule has 0 aliphatic carbocycles. The van der Waals surface area contributed by atoms with Gasteiger partial charge in [-0.3, -0.25) is 4.98 Å². The van der Waals surface area contributed by atoms with Gasteiger partial charge in [-0.25, -0.2) is 4.79 Å². The molecule has 0 unspecified atom stereocenters. The molecule has 0 aliphatic heterocycles. The van der Waals surface area contributed by atoms with E-state index in [4.69, 9.17) is 9.15 Å². The summed E-state index contributed by atoms with van der Waals surface area (Å²) in [5.41, 5.74) is 3.83. The van der Waals surface area contributed by atoms with Gasteiger partial charge >= 0.3 is 5.97 Å². The van der Waals surface area contributed by atoms with Crippen LogP contribution in [0.1, 0.15) is 47.5 Å². The second-order valence-electron chi connectivity index (χ2n) is 6.79. The third-order valence-corrected chi connectivity index (χ3v) is 4.87. The van der Waals surface area contributed by atoms with Gasteiger partial charge < -0.3 is 9.15 Å². The van der Waals surface area contributed by atoms with Crippen LogP contribution in [0.4, 0.5) is 0 Å². The molecule has 2 aromatic carbocycles. The van der Waals surface area contributed by atoms with Gasteiger partial charge in [-0.2, -0.15) is 0 Å². The molecule has 0 saturated carbocycles. The molecule has 0 saturated heterocycles. The van der Waals surface area contributed by atoms with Gasteiger partial charge in [0.2, 0.25) is 5.89 Å². The number of pyridine rings is 1. The van der Waals surface area contributed by atoms with E-state index in [2.05, 4.69) is 15.2 Å². The van der Waals surface area contributed by atoms with E-state index in [1.807, 2.05) is 68.4 Å². The fourth-order valence-corrected chi connectivity index (χ4v) is 3.33. The largest absolute Gasteiger partial charge is 0.449 e. The van der Waals surface area contributed by atoms with Gasteiger partial charge in [-0.15, -0.1) is 10.2 Å². The van der Waals surface area contributed by atoms with E-state index in [0.717, 1.165) is 34.1 Å². The summed E-state index contributed by atoms with van der Waals surface area (Å²) in [5, 5.41) is 8.89. The number of rotatable bonds is 5. The summed E-state index contributed by atoms with van der Waals surface area (Å²) < 4.78 is 11.4. The first-order chi connectivity index (χ1) is 14.1. The third-order valence-electron chi connectivity index (χ3n) is 4.87. The normalized spacial score (nSPS) is 12.1. The second-order valence-corrected chi connectivity index (χ2v) is 6.79.